The Morgan fingerprint density at radius 1 is 1.39 bits per heavy atom. The molecule has 1 aromatic carbocycles. The molecular formula is C16H20O2. The van der Waals surface area contributed by atoms with E-state index in [0.717, 1.165) is 11.3 Å². The summed E-state index contributed by atoms with van der Waals surface area (Å²) in [6.07, 6.45) is 2.43. The molecule has 2 nitrogen and oxygen atoms in total. The van der Waals surface area contributed by atoms with Crippen molar-refractivity contribution < 1.29 is 9.53 Å². The lowest BCUT2D eigenvalue weighted by Crippen LogP contribution is -2.19. The number of fused-ring (bicyclic) bond motifs is 1. The number of hydrogen-bond acceptors (Lipinski definition) is 2. The quantitative estimate of drug-likeness (QED) is 0.760. The van der Waals surface area contributed by atoms with Crippen LogP contribution in [0.1, 0.15) is 49.5 Å². The first-order chi connectivity index (χ1) is 8.49. The fourth-order valence-electron chi connectivity index (χ4n) is 2.75. The molecule has 0 N–H and O–H groups in total. The molecule has 96 valence electrons. The predicted octanol–water partition coefficient (Wildman–Crippen LogP) is 3.59. The number of ketones is 1. The van der Waals surface area contributed by atoms with Crippen LogP contribution in [0.15, 0.2) is 18.2 Å². The lowest BCUT2D eigenvalue weighted by molar-refractivity contribution is 0.0916. The van der Waals surface area contributed by atoms with E-state index in [1.54, 1.807) is 0 Å². The molecule has 1 aromatic rings. The van der Waals surface area contributed by atoms with Crippen LogP contribution in [-0.2, 0) is 5.41 Å². The summed E-state index contributed by atoms with van der Waals surface area (Å²) < 4.78 is 5.66. The lowest BCUT2D eigenvalue weighted by atomic mass is 9.84. The van der Waals surface area contributed by atoms with Gasteiger partial charge in [-0.25, -0.2) is 0 Å². The van der Waals surface area contributed by atoms with Crippen LogP contribution in [0.3, 0.4) is 0 Å². The van der Waals surface area contributed by atoms with Crippen molar-refractivity contribution in [2.24, 2.45) is 11.8 Å². The van der Waals surface area contributed by atoms with E-state index in [-0.39, 0.29) is 11.3 Å². The molecule has 0 radical (unpaired) electrons. The number of ether oxygens (including phenoxy) is 1. The monoisotopic (exact) mass is 244 g/mol. The molecular weight excluding hydrogens is 224 g/mol. The van der Waals surface area contributed by atoms with E-state index in [2.05, 4.69) is 20.8 Å². The normalized spacial score (nSPS) is 22.2. The SMILES string of the molecule is CC(C(=O)c1ccc2c(c1)C(C)(C)CO2)C1CC1. The Morgan fingerprint density at radius 2 is 2.11 bits per heavy atom. The maximum Gasteiger partial charge on any atom is 0.165 e. The van der Waals surface area contributed by atoms with E-state index in [1.165, 1.54) is 18.4 Å². The summed E-state index contributed by atoms with van der Waals surface area (Å²) in [6, 6.07) is 5.92. The van der Waals surface area contributed by atoms with Crippen molar-refractivity contribution in [3.63, 3.8) is 0 Å². The zero-order valence-electron chi connectivity index (χ0n) is 11.3. The number of carbonyl (C=O) groups excluding carboxylic acids is 1. The van der Waals surface area contributed by atoms with Gasteiger partial charge in [-0.2, -0.15) is 0 Å². The smallest absolute Gasteiger partial charge is 0.165 e. The third kappa shape index (κ3) is 1.84. The zero-order valence-corrected chi connectivity index (χ0v) is 11.3. The van der Waals surface area contributed by atoms with Crippen LogP contribution >= 0.6 is 0 Å². The molecule has 0 saturated heterocycles. The fraction of sp³-hybridized carbons (Fsp3) is 0.562. The Hall–Kier alpha value is -1.31. The summed E-state index contributed by atoms with van der Waals surface area (Å²) in [5.41, 5.74) is 2.05. The lowest BCUT2D eigenvalue weighted by Gasteiger charge is -2.16. The largest absolute Gasteiger partial charge is 0.492 e. The number of hydrogen-bond donors (Lipinski definition) is 0. The van der Waals surface area contributed by atoms with Crippen LogP contribution in [0.25, 0.3) is 0 Å². The number of carbonyl (C=O) groups is 1. The molecule has 1 fully saturated rings. The molecule has 2 heteroatoms. The molecule has 1 heterocycles. The molecule has 18 heavy (non-hydrogen) atoms. The second kappa shape index (κ2) is 3.84. The van der Waals surface area contributed by atoms with Gasteiger partial charge in [0.25, 0.3) is 0 Å². The summed E-state index contributed by atoms with van der Waals surface area (Å²) in [6.45, 7) is 7.10. The maximum atomic E-state index is 12.4. The van der Waals surface area contributed by atoms with Gasteiger partial charge in [-0.3, -0.25) is 4.79 Å². The summed E-state index contributed by atoms with van der Waals surface area (Å²) >= 11 is 0. The first-order valence-electron chi connectivity index (χ1n) is 6.80. The second-order valence-electron chi connectivity index (χ2n) is 6.37. The van der Waals surface area contributed by atoms with Gasteiger partial charge in [0, 0.05) is 22.5 Å². The minimum atomic E-state index is 0.0223. The van der Waals surface area contributed by atoms with Crippen molar-refractivity contribution in [1.82, 2.24) is 0 Å². The molecule has 0 spiro atoms. The molecule has 0 aromatic heterocycles. The van der Waals surface area contributed by atoms with Crippen LogP contribution in [0.4, 0.5) is 0 Å². The molecule has 0 amide bonds. The Labute approximate surface area is 108 Å². The maximum absolute atomic E-state index is 12.4. The van der Waals surface area contributed by atoms with Gasteiger partial charge in [0.05, 0.1) is 6.61 Å². The van der Waals surface area contributed by atoms with E-state index in [0.29, 0.717) is 18.3 Å². The van der Waals surface area contributed by atoms with Crippen LogP contribution in [0.2, 0.25) is 0 Å². The molecule has 2 aliphatic rings. The van der Waals surface area contributed by atoms with Crippen molar-refractivity contribution in [3.05, 3.63) is 29.3 Å². The number of benzene rings is 1. The van der Waals surface area contributed by atoms with E-state index in [9.17, 15) is 4.79 Å². The zero-order chi connectivity index (χ0) is 12.9. The first-order valence-corrected chi connectivity index (χ1v) is 6.80. The number of rotatable bonds is 3. The Kier molecular flexibility index (Phi) is 2.51. The van der Waals surface area contributed by atoms with Crippen molar-refractivity contribution in [2.45, 2.75) is 39.0 Å². The van der Waals surface area contributed by atoms with Gasteiger partial charge < -0.3 is 4.74 Å². The van der Waals surface area contributed by atoms with Crippen molar-refractivity contribution >= 4 is 5.78 Å². The van der Waals surface area contributed by atoms with Gasteiger partial charge in [-0.15, -0.1) is 0 Å². The minimum Gasteiger partial charge on any atom is -0.492 e. The van der Waals surface area contributed by atoms with Crippen molar-refractivity contribution in [3.8, 4) is 5.75 Å². The average Bonchev–Trinajstić information content (AvgIpc) is 3.15. The molecule has 1 atom stereocenters. The van der Waals surface area contributed by atoms with Gasteiger partial charge in [0.15, 0.2) is 5.78 Å². The molecule has 0 bridgehead atoms. The highest BCUT2D eigenvalue weighted by molar-refractivity contribution is 5.98. The standard InChI is InChI=1S/C16H20O2/c1-10(11-4-5-11)15(17)12-6-7-14-13(8-12)16(2,3)9-18-14/h6-8,10-11H,4-5,9H2,1-3H3. The Balaban J connectivity index is 1.92. The van der Waals surface area contributed by atoms with Crippen molar-refractivity contribution in [1.29, 1.82) is 0 Å². The topological polar surface area (TPSA) is 26.3 Å². The summed E-state index contributed by atoms with van der Waals surface area (Å²) in [5, 5.41) is 0. The Bertz CT molecular complexity index is 498. The van der Waals surface area contributed by atoms with Gasteiger partial charge >= 0.3 is 0 Å². The highest BCUT2D eigenvalue weighted by Gasteiger charge is 2.35. The van der Waals surface area contributed by atoms with Gasteiger partial charge in [-0.05, 0) is 37.0 Å². The molecule has 1 saturated carbocycles. The van der Waals surface area contributed by atoms with Gasteiger partial charge in [0.2, 0.25) is 0 Å². The fourth-order valence-corrected chi connectivity index (χ4v) is 2.75. The van der Waals surface area contributed by atoms with Gasteiger partial charge in [-0.1, -0.05) is 20.8 Å². The van der Waals surface area contributed by atoms with Gasteiger partial charge in [0.1, 0.15) is 5.75 Å². The highest BCUT2D eigenvalue weighted by atomic mass is 16.5. The molecule has 1 aliphatic heterocycles. The van der Waals surface area contributed by atoms with E-state index < -0.39 is 0 Å². The van der Waals surface area contributed by atoms with Crippen LogP contribution in [-0.4, -0.2) is 12.4 Å². The van der Waals surface area contributed by atoms with Crippen LogP contribution in [0, 0.1) is 11.8 Å². The number of Topliss-reactive ketones (excluding diaryl/α,β-unsaturated/α-hetero) is 1. The molecule has 1 unspecified atom stereocenters. The van der Waals surface area contributed by atoms with Crippen LogP contribution in [0.5, 0.6) is 5.75 Å². The third-order valence-electron chi connectivity index (χ3n) is 4.32. The summed E-state index contributed by atoms with van der Waals surface area (Å²) in [7, 11) is 0. The summed E-state index contributed by atoms with van der Waals surface area (Å²) in [4.78, 5) is 12.4. The summed E-state index contributed by atoms with van der Waals surface area (Å²) in [5.74, 6) is 2.03. The highest BCUT2D eigenvalue weighted by Crippen LogP contribution is 2.41. The van der Waals surface area contributed by atoms with Crippen LogP contribution < -0.4 is 4.74 Å². The van der Waals surface area contributed by atoms with E-state index in [1.807, 2.05) is 18.2 Å². The molecule has 3 rings (SSSR count). The first kappa shape index (κ1) is 11.8. The predicted molar refractivity (Wildman–Crippen MR) is 71.2 cm³/mol. The average molecular weight is 244 g/mol. The second-order valence-corrected chi connectivity index (χ2v) is 6.37. The third-order valence-corrected chi connectivity index (χ3v) is 4.32. The molecule has 1 aliphatic carbocycles. The Morgan fingerprint density at radius 3 is 2.78 bits per heavy atom. The van der Waals surface area contributed by atoms with E-state index in [4.69, 9.17) is 4.74 Å². The van der Waals surface area contributed by atoms with Crippen molar-refractivity contribution in [2.75, 3.05) is 6.61 Å². The minimum absolute atomic E-state index is 0.0223. The van der Waals surface area contributed by atoms with E-state index >= 15 is 0 Å².